The van der Waals surface area contributed by atoms with Crippen LogP contribution in [0.1, 0.15) is 25.3 Å². The van der Waals surface area contributed by atoms with Gasteiger partial charge >= 0.3 is 0 Å². The van der Waals surface area contributed by atoms with E-state index < -0.39 is 5.67 Å². The summed E-state index contributed by atoms with van der Waals surface area (Å²) >= 11 is 3.36. The van der Waals surface area contributed by atoms with Gasteiger partial charge in [-0.1, -0.05) is 35.0 Å². The lowest BCUT2D eigenvalue weighted by Crippen LogP contribution is -2.35. The minimum absolute atomic E-state index is 0.531. The molecule has 1 fully saturated rings. The third-order valence-electron chi connectivity index (χ3n) is 2.69. The highest BCUT2D eigenvalue weighted by Crippen LogP contribution is 2.48. The third-order valence-corrected chi connectivity index (χ3v) is 3.18. The number of rotatable bonds is 1. The molecule has 2 rings (SSSR count). The van der Waals surface area contributed by atoms with Crippen LogP contribution in [0.25, 0.3) is 0 Å². The Balaban J connectivity index is 2.26. The van der Waals surface area contributed by atoms with Crippen molar-refractivity contribution in [3.63, 3.8) is 0 Å². The lowest BCUT2D eigenvalue weighted by molar-refractivity contribution is 0.0114. The molecule has 0 nitrogen and oxygen atoms in total. The molecule has 1 aliphatic rings. The molecule has 0 atom stereocenters. The van der Waals surface area contributed by atoms with E-state index in [1.54, 1.807) is 0 Å². The van der Waals surface area contributed by atoms with E-state index in [2.05, 4.69) is 22.9 Å². The standard InChI is InChI=1S/C11H12BrF/c1-8-6-11(13,7-8)9-3-2-4-10(12)5-9/h2-5,8H,6-7H2,1H3. The number of alkyl halides is 1. The summed E-state index contributed by atoms with van der Waals surface area (Å²) in [5, 5.41) is 0. The second-order valence-corrected chi connectivity index (χ2v) is 4.90. The zero-order valence-electron chi connectivity index (χ0n) is 7.56. The summed E-state index contributed by atoms with van der Waals surface area (Å²) in [6.07, 6.45) is 1.34. The van der Waals surface area contributed by atoms with E-state index in [-0.39, 0.29) is 0 Å². The van der Waals surface area contributed by atoms with Gasteiger partial charge in [-0.2, -0.15) is 0 Å². The minimum atomic E-state index is -1.05. The van der Waals surface area contributed by atoms with Crippen LogP contribution in [0.5, 0.6) is 0 Å². The Morgan fingerprint density at radius 1 is 1.46 bits per heavy atom. The fraction of sp³-hybridized carbons (Fsp3) is 0.455. The van der Waals surface area contributed by atoms with Crippen LogP contribution in [-0.4, -0.2) is 0 Å². The van der Waals surface area contributed by atoms with Gasteiger partial charge in [0.1, 0.15) is 5.67 Å². The van der Waals surface area contributed by atoms with Gasteiger partial charge in [0, 0.05) is 4.47 Å². The van der Waals surface area contributed by atoms with Crippen molar-refractivity contribution in [3.8, 4) is 0 Å². The van der Waals surface area contributed by atoms with Gasteiger partial charge in [0.2, 0.25) is 0 Å². The molecular formula is C11H12BrF. The van der Waals surface area contributed by atoms with Crippen LogP contribution in [0.15, 0.2) is 28.7 Å². The van der Waals surface area contributed by atoms with E-state index in [0.717, 1.165) is 10.0 Å². The van der Waals surface area contributed by atoms with Crippen LogP contribution in [0.2, 0.25) is 0 Å². The first kappa shape index (κ1) is 9.20. The molecule has 1 aromatic rings. The first-order chi connectivity index (χ1) is 6.10. The predicted molar refractivity (Wildman–Crippen MR) is 55.3 cm³/mol. The van der Waals surface area contributed by atoms with Gasteiger partial charge in [-0.25, -0.2) is 4.39 Å². The maximum Gasteiger partial charge on any atom is 0.136 e. The zero-order chi connectivity index (χ0) is 9.47. The smallest absolute Gasteiger partial charge is 0.136 e. The monoisotopic (exact) mass is 242 g/mol. The fourth-order valence-electron chi connectivity index (χ4n) is 2.05. The molecule has 0 unspecified atom stereocenters. The first-order valence-electron chi connectivity index (χ1n) is 4.55. The highest BCUT2D eigenvalue weighted by atomic mass is 79.9. The van der Waals surface area contributed by atoms with E-state index in [0.29, 0.717) is 18.8 Å². The van der Waals surface area contributed by atoms with Gasteiger partial charge in [0.25, 0.3) is 0 Å². The second kappa shape index (κ2) is 3.09. The molecule has 0 spiro atoms. The average Bonchev–Trinajstić information content (AvgIpc) is 2.02. The molecule has 13 heavy (non-hydrogen) atoms. The average molecular weight is 243 g/mol. The van der Waals surface area contributed by atoms with Gasteiger partial charge in [-0.3, -0.25) is 0 Å². The molecule has 1 aromatic carbocycles. The summed E-state index contributed by atoms with van der Waals surface area (Å²) in [6, 6.07) is 7.57. The topological polar surface area (TPSA) is 0 Å². The van der Waals surface area contributed by atoms with Crippen LogP contribution in [-0.2, 0) is 5.67 Å². The molecule has 0 bridgehead atoms. The van der Waals surface area contributed by atoms with Crippen molar-refractivity contribution in [2.75, 3.05) is 0 Å². The summed E-state index contributed by atoms with van der Waals surface area (Å²) < 4.78 is 15.0. The van der Waals surface area contributed by atoms with Crippen molar-refractivity contribution < 1.29 is 4.39 Å². The molecule has 0 amide bonds. The van der Waals surface area contributed by atoms with Crippen molar-refractivity contribution >= 4 is 15.9 Å². The van der Waals surface area contributed by atoms with Crippen LogP contribution < -0.4 is 0 Å². The summed E-state index contributed by atoms with van der Waals surface area (Å²) in [5.74, 6) is 0.531. The van der Waals surface area contributed by atoms with Crippen molar-refractivity contribution in [2.24, 2.45) is 5.92 Å². The number of hydrogen-bond donors (Lipinski definition) is 0. The van der Waals surface area contributed by atoms with Crippen molar-refractivity contribution in [1.82, 2.24) is 0 Å². The van der Waals surface area contributed by atoms with Crippen LogP contribution >= 0.6 is 15.9 Å². The SMILES string of the molecule is CC1CC(F)(c2cccc(Br)c2)C1. The molecule has 0 heterocycles. The van der Waals surface area contributed by atoms with Crippen molar-refractivity contribution in [3.05, 3.63) is 34.3 Å². The van der Waals surface area contributed by atoms with E-state index >= 15 is 0 Å². The highest BCUT2D eigenvalue weighted by Gasteiger charge is 2.43. The van der Waals surface area contributed by atoms with E-state index in [9.17, 15) is 4.39 Å². The largest absolute Gasteiger partial charge is 0.239 e. The lowest BCUT2D eigenvalue weighted by atomic mass is 9.70. The number of benzene rings is 1. The molecule has 1 saturated carbocycles. The molecule has 0 saturated heterocycles. The number of halogens is 2. The molecule has 0 aromatic heterocycles. The molecule has 2 heteroatoms. The Bertz CT molecular complexity index is 316. The van der Waals surface area contributed by atoms with E-state index in [4.69, 9.17) is 0 Å². The van der Waals surface area contributed by atoms with Gasteiger partial charge in [0.05, 0.1) is 0 Å². The molecule has 0 aliphatic heterocycles. The third kappa shape index (κ3) is 1.64. The second-order valence-electron chi connectivity index (χ2n) is 3.99. The lowest BCUT2D eigenvalue weighted by Gasteiger charge is -2.40. The van der Waals surface area contributed by atoms with Gasteiger partial charge < -0.3 is 0 Å². The molecule has 70 valence electrons. The maximum atomic E-state index is 14.0. The van der Waals surface area contributed by atoms with Gasteiger partial charge in [-0.05, 0) is 36.5 Å². The minimum Gasteiger partial charge on any atom is -0.239 e. The molecule has 0 N–H and O–H groups in total. The zero-order valence-corrected chi connectivity index (χ0v) is 9.14. The number of hydrogen-bond acceptors (Lipinski definition) is 0. The highest BCUT2D eigenvalue weighted by molar-refractivity contribution is 9.10. The quantitative estimate of drug-likeness (QED) is 0.698. The Morgan fingerprint density at radius 2 is 2.15 bits per heavy atom. The Kier molecular flexibility index (Phi) is 2.18. The molecule has 1 aliphatic carbocycles. The van der Waals surface area contributed by atoms with E-state index in [1.165, 1.54) is 0 Å². The van der Waals surface area contributed by atoms with Gasteiger partial charge in [0.15, 0.2) is 0 Å². The molecular weight excluding hydrogens is 231 g/mol. The maximum absolute atomic E-state index is 14.0. The Hall–Kier alpha value is -0.370. The normalized spacial score (nSPS) is 32.7. The van der Waals surface area contributed by atoms with Crippen LogP contribution in [0, 0.1) is 5.92 Å². The molecule has 0 radical (unpaired) electrons. The van der Waals surface area contributed by atoms with E-state index in [1.807, 2.05) is 24.3 Å². The van der Waals surface area contributed by atoms with Crippen molar-refractivity contribution in [1.29, 1.82) is 0 Å². The summed E-state index contributed by atoms with van der Waals surface area (Å²) in [6.45, 7) is 2.09. The van der Waals surface area contributed by atoms with Gasteiger partial charge in [-0.15, -0.1) is 0 Å². The Morgan fingerprint density at radius 3 is 2.69 bits per heavy atom. The van der Waals surface area contributed by atoms with Crippen LogP contribution in [0.3, 0.4) is 0 Å². The summed E-state index contributed by atoms with van der Waals surface area (Å²) in [5.41, 5.74) is -0.233. The van der Waals surface area contributed by atoms with Crippen molar-refractivity contribution in [2.45, 2.75) is 25.4 Å². The summed E-state index contributed by atoms with van der Waals surface area (Å²) in [4.78, 5) is 0. The summed E-state index contributed by atoms with van der Waals surface area (Å²) in [7, 11) is 0. The van der Waals surface area contributed by atoms with Crippen LogP contribution in [0.4, 0.5) is 4.39 Å². The predicted octanol–water partition coefficient (Wildman–Crippen LogP) is 4.04. The fourth-order valence-corrected chi connectivity index (χ4v) is 2.45. The Labute approximate surface area is 86.3 Å². The first-order valence-corrected chi connectivity index (χ1v) is 5.34.